The van der Waals surface area contributed by atoms with Gasteiger partial charge < -0.3 is 14.2 Å². The zero-order chi connectivity index (χ0) is 17.6. The number of H-pyrrole nitrogens is 1. The predicted molar refractivity (Wildman–Crippen MR) is 94.2 cm³/mol. The fraction of sp³-hybridized carbons (Fsp3) is 0.421. The van der Waals surface area contributed by atoms with Crippen LogP contribution < -0.4 is 5.69 Å². The first-order valence-corrected chi connectivity index (χ1v) is 9.07. The highest BCUT2D eigenvalue weighted by Gasteiger charge is 2.43. The minimum atomic E-state index is -0.165. The van der Waals surface area contributed by atoms with Crippen LogP contribution in [0.2, 0.25) is 0 Å². The van der Waals surface area contributed by atoms with Gasteiger partial charge in [-0.2, -0.15) is 4.98 Å². The van der Waals surface area contributed by atoms with Crippen molar-refractivity contribution in [3.05, 3.63) is 53.0 Å². The minimum absolute atomic E-state index is 0.0647. The molecule has 26 heavy (non-hydrogen) atoms. The second-order valence-corrected chi connectivity index (χ2v) is 7.21. The monoisotopic (exact) mass is 352 g/mol. The second kappa shape index (κ2) is 5.95. The molecule has 1 unspecified atom stereocenters. The summed E-state index contributed by atoms with van der Waals surface area (Å²) >= 11 is 0. The maximum atomic E-state index is 11.7. The summed E-state index contributed by atoms with van der Waals surface area (Å²) in [5.74, 6) is 1.60. The number of rotatable bonds is 3. The lowest BCUT2D eigenvalue weighted by Gasteiger charge is -2.46. The van der Waals surface area contributed by atoms with Gasteiger partial charge in [0, 0.05) is 30.5 Å². The van der Waals surface area contributed by atoms with Crippen LogP contribution in [0.1, 0.15) is 43.8 Å². The number of ether oxygens (including phenoxy) is 1. The number of aromatic amines is 1. The number of hydrogen-bond acceptors (Lipinski definition) is 5. The third-order valence-electron chi connectivity index (χ3n) is 5.61. The van der Waals surface area contributed by atoms with Crippen LogP contribution in [-0.4, -0.2) is 31.9 Å². The summed E-state index contributed by atoms with van der Waals surface area (Å²) in [6.45, 7) is 0.772. The maximum absolute atomic E-state index is 11.7. The molecule has 2 aromatic heterocycles. The molecule has 1 spiro atoms. The number of aromatic nitrogens is 4. The van der Waals surface area contributed by atoms with Crippen LogP contribution in [0.25, 0.3) is 17.1 Å². The molecule has 134 valence electrons. The van der Waals surface area contributed by atoms with Gasteiger partial charge in [0.1, 0.15) is 0 Å². The summed E-state index contributed by atoms with van der Waals surface area (Å²) < 4.78 is 13.0. The van der Waals surface area contributed by atoms with Crippen molar-refractivity contribution in [3.8, 4) is 17.1 Å². The highest BCUT2D eigenvalue weighted by atomic mass is 16.5. The van der Waals surface area contributed by atoms with Crippen molar-refractivity contribution in [2.75, 3.05) is 6.61 Å². The lowest BCUT2D eigenvalue weighted by molar-refractivity contribution is -0.134. The molecule has 1 aromatic carbocycles. The summed E-state index contributed by atoms with van der Waals surface area (Å²) in [4.78, 5) is 18.9. The van der Waals surface area contributed by atoms with Gasteiger partial charge in [-0.05, 0) is 56.4 Å². The number of nitrogens with zero attached hydrogens (tertiary/aromatic N) is 3. The maximum Gasteiger partial charge on any atom is 0.330 e. The zero-order valence-corrected chi connectivity index (χ0v) is 14.4. The number of benzene rings is 1. The molecule has 1 saturated carbocycles. The average Bonchev–Trinajstić information content (AvgIpc) is 3.30. The number of hydrogen-bond donors (Lipinski definition) is 1. The van der Waals surface area contributed by atoms with Crippen LogP contribution in [0, 0.1) is 0 Å². The average molecular weight is 352 g/mol. The minimum Gasteiger partial charge on any atom is -0.375 e. The Morgan fingerprint density at radius 2 is 2.08 bits per heavy atom. The number of nitrogens with one attached hydrogen (secondary N) is 1. The van der Waals surface area contributed by atoms with E-state index in [9.17, 15) is 4.79 Å². The molecule has 3 aromatic rings. The first-order chi connectivity index (χ1) is 12.7. The van der Waals surface area contributed by atoms with E-state index in [1.54, 1.807) is 17.0 Å². The standard InChI is InChI=1S/C19H20N4O3/c24-18-20-9-10-23(18)15-4-2-13(3-5-15)17-21-16(22-26-17)14-6-11-25-19(12-14)7-1-8-19/h2-5,9-10,14H,1,6-8,11-12H2,(H,20,24). The van der Waals surface area contributed by atoms with Gasteiger partial charge >= 0.3 is 5.69 Å². The molecule has 0 amide bonds. The lowest BCUT2D eigenvalue weighted by atomic mass is 9.72. The Balaban J connectivity index is 1.36. The Labute approximate surface area is 150 Å². The molecule has 7 nitrogen and oxygen atoms in total. The van der Waals surface area contributed by atoms with Crippen molar-refractivity contribution >= 4 is 0 Å². The van der Waals surface area contributed by atoms with Gasteiger partial charge in [0.2, 0.25) is 0 Å². The van der Waals surface area contributed by atoms with E-state index in [1.807, 2.05) is 24.3 Å². The van der Waals surface area contributed by atoms with Gasteiger partial charge in [-0.1, -0.05) is 5.16 Å². The summed E-state index contributed by atoms with van der Waals surface area (Å²) in [7, 11) is 0. The van der Waals surface area contributed by atoms with Crippen molar-refractivity contribution in [1.29, 1.82) is 0 Å². The third kappa shape index (κ3) is 2.59. The number of imidazole rings is 1. The molecule has 0 bridgehead atoms. The van der Waals surface area contributed by atoms with E-state index in [4.69, 9.17) is 9.26 Å². The van der Waals surface area contributed by atoms with E-state index in [0.29, 0.717) is 11.8 Å². The molecule has 3 heterocycles. The van der Waals surface area contributed by atoms with Gasteiger partial charge in [-0.15, -0.1) is 0 Å². The van der Waals surface area contributed by atoms with Crippen molar-refractivity contribution in [3.63, 3.8) is 0 Å². The van der Waals surface area contributed by atoms with Crippen LogP contribution in [-0.2, 0) is 4.74 Å². The smallest absolute Gasteiger partial charge is 0.330 e. The van der Waals surface area contributed by atoms with Gasteiger partial charge in [0.05, 0.1) is 11.3 Å². The summed E-state index contributed by atoms with van der Waals surface area (Å²) in [6, 6.07) is 7.52. The van der Waals surface area contributed by atoms with Gasteiger partial charge in [-0.3, -0.25) is 4.57 Å². The van der Waals surface area contributed by atoms with Crippen molar-refractivity contribution in [2.24, 2.45) is 0 Å². The van der Waals surface area contributed by atoms with Crippen molar-refractivity contribution in [2.45, 2.75) is 43.6 Å². The van der Waals surface area contributed by atoms with Crippen molar-refractivity contribution in [1.82, 2.24) is 19.7 Å². The van der Waals surface area contributed by atoms with E-state index < -0.39 is 0 Å². The van der Waals surface area contributed by atoms with Crippen LogP contribution in [0.4, 0.5) is 0 Å². The molecule has 2 aliphatic rings. The summed E-state index contributed by atoms with van der Waals surface area (Å²) in [6.07, 6.45) is 8.79. The molecule has 0 radical (unpaired) electrons. The fourth-order valence-electron chi connectivity index (χ4n) is 3.97. The van der Waals surface area contributed by atoms with Crippen LogP contribution in [0.5, 0.6) is 0 Å². The normalized spacial score (nSPS) is 21.6. The fourth-order valence-corrected chi connectivity index (χ4v) is 3.97. The Morgan fingerprint density at radius 3 is 2.77 bits per heavy atom. The van der Waals surface area contributed by atoms with Crippen LogP contribution in [0.15, 0.2) is 46.0 Å². The second-order valence-electron chi connectivity index (χ2n) is 7.21. The Kier molecular flexibility index (Phi) is 3.56. The van der Waals surface area contributed by atoms with E-state index in [-0.39, 0.29) is 11.3 Å². The molecule has 1 N–H and O–H groups in total. The Morgan fingerprint density at radius 1 is 1.23 bits per heavy atom. The van der Waals surface area contributed by atoms with Crippen LogP contribution in [0.3, 0.4) is 0 Å². The SMILES string of the molecule is O=c1[nH]ccn1-c1ccc(-c2nc(C3CCOC4(CCC4)C3)no2)cc1. The van der Waals surface area contributed by atoms with Gasteiger partial charge in [-0.25, -0.2) is 4.79 Å². The molecule has 1 aliphatic heterocycles. The molecule has 1 atom stereocenters. The van der Waals surface area contributed by atoms with Crippen LogP contribution >= 0.6 is 0 Å². The molecular formula is C19H20N4O3. The highest BCUT2D eigenvalue weighted by Crippen LogP contribution is 2.46. The largest absolute Gasteiger partial charge is 0.375 e. The van der Waals surface area contributed by atoms with Gasteiger partial charge in [0.25, 0.3) is 5.89 Å². The quantitative estimate of drug-likeness (QED) is 0.783. The Hall–Kier alpha value is -2.67. The topological polar surface area (TPSA) is 85.9 Å². The van der Waals surface area contributed by atoms with E-state index in [0.717, 1.165) is 49.4 Å². The molecule has 7 heteroatoms. The van der Waals surface area contributed by atoms with E-state index in [2.05, 4.69) is 15.1 Å². The van der Waals surface area contributed by atoms with E-state index in [1.165, 1.54) is 6.42 Å². The zero-order valence-electron chi connectivity index (χ0n) is 14.4. The van der Waals surface area contributed by atoms with Crippen molar-refractivity contribution < 1.29 is 9.26 Å². The molecular weight excluding hydrogens is 332 g/mol. The van der Waals surface area contributed by atoms with E-state index >= 15 is 0 Å². The first kappa shape index (κ1) is 15.6. The molecule has 1 saturated heterocycles. The summed E-state index contributed by atoms with van der Waals surface area (Å²) in [5.41, 5.74) is 1.54. The highest BCUT2D eigenvalue weighted by molar-refractivity contribution is 5.55. The third-order valence-corrected chi connectivity index (χ3v) is 5.61. The molecule has 5 rings (SSSR count). The Bertz CT molecular complexity index is 965. The summed E-state index contributed by atoms with van der Waals surface area (Å²) in [5, 5.41) is 4.22. The molecule has 1 aliphatic carbocycles. The molecule has 2 fully saturated rings. The lowest BCUT2D eigenvalue weighted by Crippen LogP contribution is -2.45. The predicted octanol–water partition coefficient (Wildman–Crippen LogP) is 3.03. The van der Waals surface area contributed by atoms with Gasteiger partial charge in [0.15, 0.2) is 5.82 Å². The first-order valence-electron chi connectivity index (χ1n) is 9.07.